The monoisotopic (exact) mass is 158 g/mol. The first-order chi connectivity index (χ1) is 4.86. The SMILES string of the molecule is CC(=O)O.CC(C)=C=C(C)O. The van der Waals surface area contributed by atoms with Gasteiger partial charge in [0, 0.05) is 13.8 Å². The fraction of sp³-hybridized carbons (Fsp3) is 0.500. The number of aliphatic hydroxyl groups is 1. The van der Waals surface area contributed by atoms with Gasteiger partial charge in [0.1, 0.15) is 5.76 Å². The van der Waals surface area contributed by atoms with Crippen molar-refractivity contribution < 1.29 is 15.0 Å². The summed E-state index contributed by atoms with van der Waals surface area (Å²) in [7, 11) is 0. The van der Waals surface area contributed by atoms with Gasteiger partial charge in [-0.2, -0.15) is 0 Å². The van der Waals surface area contributed by atoms with E-state index in [0.717, 1.165) is 12.5 Å². The molecule has 0 spiro atoms. The van der Waals surface area contributed by atoms with Gasteiger partial charge < -0.3 is 10.2 Å². The zero-order valence-electron chi connectivity index (χ0n) is 7.30. The van der Waals surface area contributed by atoms with Gasteiger partial charge in [-0.1, -0.05) is 5.73 Å². The molecule has 3 heteroatoms. The van der Waals surface area contributed by atoms with Crippen molar-refractivity contribution in [3.05, 3.63) is 17.1 Å². The van der Waals surface area contributed by atoms with Gasteiger partial charge in [-0.05, 0) is 19.4 Å². The number of allylic oxidation sites excluding steroid dienone is 1. The van der Waals surface area contributed by atoms with Crippen LogP contribution in [0.3, 0.4) is 0 Å². The number of aliphatic hydroxyl groups excluding tert-OH is 1. The zero-order chi connectivity index (χ0) is 9.44. The van der Waals surface area contributed by atoms with Gasteiger partial charge in [0.2, 0.25) is 0 Å². The first-order valence-corrected chi connectivity index (χ1v) is 3.15. The van der Waals surface area contributed by atoms with Gasteiger partial charge in [-0.3, -0.25) is 4.79 Å². The lowest BCUT2D eigenvalue weighted by molar-refractivity contribution is -0.134. The van der Waals surface area contributed by atoms with E-state index in [9.17, 15) is 0 Å². The Balaban J connectivity index is 0. The van der Waals surface area contributed by atoms with E-state index in [1.165, 1.54) is 0 Å². The van der Waals surface area contributed by atoms with Crippen LogP contribution in [0.4, 0.5) is 0 Å². The van der Waals surface area contributed by atoms with Crippen molar-refractivity contribution in [2.75, 3.05) is 0 Å². The quantitative estimate of drug-likeness (QED) is 0.419. The highest BCUT2D eigenvalue weighted by Gasteiger charge is 1.71. The Kier molecular flexibility index (Phi) is 7.82. The third-order valence-electron chi connectivity index (χ3n) is 0.431. The number of carboxylic acids is 1. The van der Waals surface area contributed by atoms with Gasteiger partial charge in [0.05, 0.1) is 0 Å². The van der Waals surface area contributed by atoms with Crippen LogP contribution in [0.25, 0.3) is 0 Å². The van der Waals surface area contributed by atoms with Gasteiger partial charge in [0.25, 0.3) is 5.97 Å². The van der Waals surface area contributed by atoms with Crippen LogP contribution < -0.4 is 0 Å². The number of hydrogen-bond donors (Lipinski definition) is 2. The average molecular weight is 158 g/mol. The second-order valence-electron chi connectivity index (χ2n) is 2.23. The molecule has 0 heterocycles. The van der Waals surface area contributed by atoms with Crippen molar-refractivity contribution in [3.8, 4) is 0 Å². The molecule has 0 aromatic heterocycles. The highest BCUT2D eigenvalue weighted by atomic mass is 16.4. The van der Waals surface area contributed by atoms with E-state index in [-0.39, 0.29) is 5.76 Å². The van der Waals surface area contributed by atoms with E-state index in [4.69, 9.17) is 15.0 Å². The number of carbonyl (C=O) groups is 1. The molecule has 0 aliphatic heterocycles. The standard InChI is InChI=1S/C6H10O.C2H4O2/c1-5(2)4-6(3)7;1-2(3)4/h7H,1-3H3;1H3,(H,3,4). The lowest BCUT2D eigenvalue weighted by Crippen LogP contribution is -1.78. The van der Waals surface area contributed by atoms with Crippen LogP contribution >= 0.6 is 0 Å². The maximum Gasteiger partial charge on any atom is 0.300 e. The number of hydrogen-bond acceptors (Lipinski definition) is 2. The molecule has 0 aromatic rings. The molecule has 0 amide bonds. The topological polar surface area (TPSA) is 57.5 Å². The van der Waals surface area contributed by atoms with Crippen LogP contribution in [0.5, 0.6) is 0 Å². The lowest BCUT2D eigenvalue weighted by atomic mass is 10.4. The summed E-state index contributed by atoms with van der Waals surface area (Å²) in [5, 5.41) is 15.9. The highest BCUT2D eigenvalue weighted by Crippen LogP contribution is 1.86. The minimum absolute atomic E-state index is 0.250. The normalized spacial score (nSPS) is 6.91. The van der Waals surface area contributed by atoms with Crippen LogP contribution in [0, 0.1) is 0 Å². The first-order valence-electron chi connectivity index (χ1n) is 3.15. The molecule has 0 bridgehead atoms. The second kappa shape index (κ2) is 6.90. The highest BCUT2D eigenvalue weighted by molar-refractivity contribution is 5.62. The fourth-order valence-corrected chi connectivity index (χ4v) is 0.362. The minimum atomic E-state index is -0.833. The molecule has 0 rings (SSSR count). The molecular formula is C8H14O3. The maximum atomic E-state index is 9.00. The molecule has 0 aromatic carbocycles. The van der Waals surface area contributed by atoms with E-state index in [2.05, 4.69) is 5.73 Å². The molecule has 3 nitrogen and oxygen atoms in total. The van der Waals surface area contributed by atoms with Crippen molar-refractivity contribution in [1.82, 2.24) is 0 Å². The predicted octanol–water partition coefficient (Wildman–Crippen LogP) is 2.10. The van der Waals surface area contributed by atoms with E-state index < -0.39 is 5.97 Å². The third kappa shape index (κ3) is 52.1. The van der Waals surface area contributed by atoms with Gasteiger partial charge in [0.15, 0.2) is 0 Å². The molecule has 0 aliphatic carbocycles. The van der Waals surface area contributed by atoms with Crippen LogP contribution in [0.1, 0.15) is 27.7 Å². The van der Waals surface area contributed by atoms with Crippen molar-refractivity contribution in [2.24, 2.45) is 0 Å². The Bertz CT molecular complexity index is 162. The van der Waals surface area contributed by atoms with Crippen LogP contribution in [0.2, 0.25) is 0 Å². The fourth-order valence-electron chi connectivity index (χ4n) is 0.362. The van der Waals surface area contributed by atoms with E-state index in [1.54, 1.807) is 6.92 Å². The Morgan fingerprint density at radius 2 is 1.36 bits per heavy atom. The maximum absolute atomic E-state index is 9.00. The Labute approximate surface area is 66.7 Å². The first kappa shape index (κ1) is 12.5. The summed E-state index contributed by atoms with van der Waals surface area (Å²) in [4.78, 5) is 9.00. The molecule has 0 saturated heterocycles. The van der Waals surface area contributed by atoms with Crippen molar-refractivity contribution in [3.63, 3.8) is 0 Å². The molecule has 0 radical (unpaired) electrons. The van der Waals surface area contributed by atoms with Crippen LogP contribution in [-0.4, -0.2) is 16.2 Å². The summed E-state index contributed by atoms with van der Waals surface area (Å²) in [5.74, 6) is -0.583. The molecule has 0 aliphatic rings. The van der Waals surface area contributed by atoms with Crippen LogP contribution in [-0.2, 0) is 4.79 Å². The zero-order valence-corrected chi connectivity index (χ0v) is 7.30. The molecule has 0 saturated carbocycles. The lowest BCUT2D eigenvalue weighted by Gasteiger charge is -1.78. The Morgan fingerprint density at radius 3 is 1.36 bits per heavy atom. The molecule has 11 heavy (non-hydrogen) atoms. The average Bonchev–Trinajstić information content (AvgIpc) is 1.56. The van der Waals surface area contributed by atoms with Gasteiger partial charge in [-0.25, -0.2) is 0 Å². The summed E-state index contributed by atoms with van der Waals surface area (Å²) in [6, 6.07) is 0. The van der Waals surface area contributed by atoms with Gasteiger partial charge in [-0.15, -0.1) is 0 Å². The Morgan fingerprint density at radius 1 is 1.09 bits per heavy atom. The summed E-state index contributed by atoms with van der Waals surface area (Å²) in [6.45, 7) is 6.46. The van der Waals surface area contributed by atoms with E-state index in [1.807, 2.05) is 13.8 Å². The Hall–Kier alpha value is -1.21. The second-order valence-corrected chi connectivity index (χ2v) is 2.23. The molecule has 0 unspecified atom stereocenters. The number of aliphatic carboxylic acids is 1. The van der Waals surface area contributed by atoms with Crippen molar-refractivity contribution in [1.29, 1.82) is 0 Å². The molecule has 0 fully saturated rings. The van der Waals surface area contributed by atoms with Crippen molar-refractivity contribution in [2.45, 2.75) is 27.7 Å². The van der Waals surface area contributed by atoms with E-state index >= 15 is 0 Å². The number of rotatable bonds is 0. The molecule has 2 N–H and O–H groups in total. The summed E-state index contributed by atoms with van der Waals surface area (Å²) in [6.07, 6.45) is 0. The number of carboxylic acid groups (broad SMARTS) is 1. The molecule has 64 valence electrons. The molecular weight excluding hydrogens is 144 g/mol. The van der Waals surface area contributed by atoms with Gasteiger partial charge >= 0.3 is 0 Å². The molecule has 0 atom stereocenters. The third-order valence-corrected chi connectivity index (χ3v) is 0.431. The summed E-state index contributed by atoms with van der Waals surface area (Å²) in [5.41, 5.74) is 3.69. The van der Waals surface area contributed by atoms with Crippen molar-refractivity contribution >= 4 is 5.97 Å². The summed E-state index contributed by atoms with van der Waals surface area (Å²) >= 11 is 0. The largest absolute Gasteiger partial charge is 0.505 e. The van der Waals surface area contributed by atoms with E-state index in [0.29, 0.717) is 0 Å². The van der Waals surface area contributed by atoms with Crippen LogP contribution in [0.15, 0.2) is 17.1 Å². The smallest absolute Gasteiger partial charge is 0.300 e. The summed E-state index contributed by atoms with van der Waals surface area (Å²) < 4.78 is 0. The minimum Gasteiger partial charge on any atom is -0.505 e. The predicted molar refractivity (Wildman–Crippen MR) is 43.5 cm³/mol.